The summed E-state index contributed by atoms with van der Waals surface area (Å²) in [6.07, 6.45) is 8.90. The van der Waals surface area contributed by atoms with E-state index in [2.05, 4.69) is 10.6 Å². The van der Waals surface area contributed by atoms with Gasteiger partial charge in [0.2, 0.25) is 5.91 Å². The second-order valence-electron chi connectivity index (χ2n) is 5.47. The van der Waals surface area contributed by atoms with E-state index in [9.17, 15) is 4.79 Å². The highest BCUT2D eigenvalue weighted by Crippen LogP contribution is 2.19. The van der Waals surface area contributed by atoms with Crippen LogP contribution in [0.4, 0.5) is 0 Å². The summed E-state index contributed by atoms with van der Waals surface area (Å²) in [5, 5.41) is 6.25. The van der Waals surface area contributed by atoms with Gasteiger partial charge in [-0.25, -0.2) is 0 Å². The smallest absolute Gasteiger partial charge is 0.224 e. The Morgan fingerprint density at radius 1 is 1.17 bits per heavy atom. The number of hydrogen-bond donors (Lipinski definition) is 2. The Kier molecular flexibility index (Phi) is 5.94. The molecule has 0 spiro atoms. The molecule has 104 valence electrons. The van der Waals surface area contributed by atoms with Crippen molar-refractivity contribution in [2.45, 2.75) is 51.0 Å². The Bertz CT molecular complexity index is 246. The molecule has 1 aliphatic carbocycles. The molecule has 0 aromatic rings. The van der Waals surface area contributed by atoms with Crippen LogP contribution in [-0.2, 0) is 9.53 Å². The Labute approximate surface area is 110 Å². The summed E-state index contributed by atoms with van der Waals surface area (Å²) in [6, 6.07) is 0. The monoisotopic (exact) mass is 254 g/mol. The minimum Gasteiger partial charge on any atom is -0.376 e. The van der Waals surface area contributed by atoms with Crippen molar-refractivity contribution in [2.24, 2.45) is 5.92 Å². The van der Waals surface area contributed by atoms with Crippen molar-refractivity contribution in [1.29, 1.82) is 0 Å². The highest BCUT2D eigenvalue weighted by Gasteiger charge is 2.20. The standard InChI is InChI=1S/C14H26N2O2/c17-14(12-5-4-8-15-11-12)16-9-10-18-13-6-2-1-3-7-13/h12-13,15H,1-11H2,(H,16,17)/t12-/m1/s1. The van der Waals surface area contributed by atoms with Crippen molar-refractivity contribution in [3.8, 4) is 0 Å². The maximum atomic E-state index is 11.8. The van der Waals surface area contributed by atoms with Gasteiger partial charge in [-0.2, -0.15) is 0 Å². The summed E-state index contributed by atoms with van der Waals surface area (Å²) in [5.74, 6) is 0.350. The molecule has 2 fully saturated rings. The summed E-state index contributed by atoms with van der Waals surface area (Å²) >= 11 is 0. The lowest BCUT2D eigenvalue weighted by Gasteiger charge is -2.23. The molecule has 2 aliphatic rings. The number of ether oxygens (including phenoxy) is 1. The molecule has 0 bridgehead atoms. The zero-order valence-electron chi connectivity index (χ0n) is 11.2. The van der Waals surface area contributed by atoms with E-state index in [0.29, 0.717) is 19.3 Å². The first-order chi connectivity index (χ1) is 8.86. The van der Waals surface area contributed by atoms with Crippen LogP contribution in [0.5, 0.6) is 0 Å². The minimum absolute atomic E-state index is 0.161. The lowest BCUT2D eigenvalue weighted by Crippen LogP contribution is -2.41. The molecule has 1 heterocycles. The maximum absolute atomic E-state index is 11.8. The molecule has 1 aliphatic heterocycles. The molecule has 2 N–H and O–H groups in total. The Hall–Kier alpha value is -0.610. The van der Waals surface area contributed by atoms with Crippen LogP contribution in [0.2, 0.25) is 0 Å². The van der Waals surface area contributed by atoms with Crippen molar-refractivity contribution in [3.05, 3.63) is 0 Å². The van der Waals surface area contributed by atoms with Crippen LogP contribution in [0.25, 0.3) is 0 Å². The van der Waals surface area contributed by atoms with E-state index in [1.165, 1.54) is 32.1 Å². The largest absolute Gasteiger partial charge is 0.376 e. The Balaban J connectivity index is 1.52. The molecular weight excluding hydrogens is 228 g/mol. The molecule has 4 nitrogen and oxygen atoms in total. The first-order valence-corrected chi connectivity index (χ1v) is 7.46. The predicted octanol–water partition coefficient (Wildman–Crippen LogP) is 1.45. The van der Waals surface area contributed by atoms with Gasteiger partial charge in [0.25, 0.3) is 0 Å². The summed E-state index contributed by atoms with van der Waals surface area (Å²) in [5.41, 5.74) is 0. The maximum Gasteiger partial charge on any atom is 0.224 e. The summed E-state index contributed by atoms with van der Waals surface area (Å²) in [6.45, 7) is 3.20. The first-order valence-electron chi connectivity index (χ1n) is 7.46. The van der Waals surface area contributed by atoms with E-state index in [1.54, 1.807) is 0 Å². The molecule has 2 rings (SSSR count). The van der Waals surface area contributed by atoms with Crippen LogP contribution in [0.1, 0.15) is 44.9 Å². The van der Waals surface area contributed by atoms with Crippen molar-refractivity contribution in [3.63, 3.8) is 0 Å². The van der Waals surface area contributed by atoms with E-state index >= 15 is 0 Å². The molecule has 0 aromatic heterocycles. The van der Waals surface area contributed by atoms with Gasteiger partial charge in [0.05, 0.1) is 18.6 Å². The molecule has 4 heteroatoms. The topological polar surface area (TPSA) is 50.4 Å². The van der Waals surface area contributed by atoms with Crippen LogP contribution >= 0.6 is 0 Å². The van der Waals surface area contributed by atoms with Crippen molar-refractivity contribution in [1.82, 2.24) is 10.6 Å². The van der Waals surface area contributed by atoms with Gasteiger partial charge in [-0.1, -0.05) is 19.3 Å². The van der Waals surface area contributed by atoms with Crippen LogP contribution in [0.3, 0.4) is 0 Å². The highest BCUT2D eigenvalue weighted by molar-refractivity contribution is 5.78. The van der Waals surface area contributed by atoms with Gasteiger partial charge < -0.3 is 15.4 Å². The molecule has 0 aromatic carbocycles. The van der Waals surface area contributed by atoms with Crippen LogP contribution < -0.4 is 10.6 Å². The van der Waals surface area contributed by atoms with Gasteiger partial charge in [-0.15, -0.1) is 0 Å². The fraction of sp³-hybridized carbons (Fsp3) is 0.929. The first kappa shape index (κ1) is 13.8. The van der Waals surface area contributed by atoms with E-state index in [4.69, 9.17) is 4.74 Å². The number of nitrogens with one attached hydrogen (secondary N) is 2. The third-order valence-electron chi connectivity index (χ3n) is 3.97. The van der Waals surface area contributed by atoms with Gasteiger partial charge in [-0.3, -0.25) is 4.79 Å². The fourth-order valence-corrected chi connectivity index (χ4v) is 2.85. The third kappa shape index (κ3) is 4.58. The van der Waals surface area contributed by atoms with Crippen LogP contribution in [0, 0.1) is 5.92 Å². The number of carbonyl (C=O) groups excluding carboxylic acids is 1. The van der Waals surface area contributed by atoms with Crippen LogP contribution in [0.15, 0.2) is 0 Å². The van der Waals surface area contributed by atoms with Crippen molar-refractivity contribution in [2.75, 3.05) is 26.2 Å². The third-order valence-corrected chi connectivity index (χ3v) is 3.97. The lowest BCUT2D eigenvalue weighted by atomic mass is 9.98. The van der Waals surface area contributed by atoms with Crippen molar-refractivity contribution >= 4 is 5.91 Å². The lowest BCUT2D eigenvalue weighted by molar-refractivity contribution is -0.125. The number of carbonyl (C=O) groups is 1. The number of piperidine rings is 1. The zero-order valence-corrected chi connectivity index (χ0v) is 11.2. The van der Waals surface area contributed by atoms with Gasteiger partial charge >= 0.3 is 0 Å². The van der Waals surface area contributed by atoms with Gasteiger partial charge in [-0.05, 0) is 32.2 Å². The average molecular weight is 254 g/mol. The van der Waals surface area contributed by atoms with Gasteiger partial charge in [0, 0.05) is 13.1 Å². The van der Waals surface area contributed by atoms with E-state index in [1.807, 2.05) is 0 Å². The van der Waals surface area contributed by atoms with Gasteiger partial charge in [0.1, 0.15) is 0 Å². The van der Waals surface area contributed by atoms with E-state index in [0.717, 1.165) is 25.9 Å². The molecular formula is C14H26N2O2. The number of amides is 1. The summed E-state index contributed by atoms with van der Waals surface area (Å²) < 4.78 is 5.79. The molecule has 1 saturated carbocycles. The quantitative estimate of drug-likeness (QED) is 0.730. The average Bonchev–Trinajstić information content (AvgIpc) is 2.45. The summed E-state index contributed by atoms with van der Waals surface area (Å²) in [4.78, 5) is 11.8. The van der Waals surface area contributed by atoms with E-state index < -0.39 is 0 Å². The Morgan fingerprint density at radius 3 is 2.72 bits per heavy atom. The van der Waals surface area contributed by atoms with Crippen LogP contribution in [-0.4, -0.2) is 38.3 Å². The molecule has 18 heavy (non-hydrogen) atoms. The predicted molar refractivity (Wildman–Crippen MR) is 71.4 cm³/mol. The van der Waals surface area contributed by atoms with E-state index in [-0.39, 0.29) is 11.8 Å². The number of hydrogen-bond acceptors (Lipinski definition) is 3. The van der Waals surface area contributed by atoms with Gasteiger partial charge in [0.15, 0.2) is 0 Å². The Morgan fingerprint density at radius 2 is 2.00 bits per heavy atom. The second-order valence-corrected chi connectivity index (χ2v) is 5.47. The second kappa shape index (κ2) is 7.74. The molecule has 1 amide bonds. The minimum atomic E-state index is 0.161. The molecule has 1 atom stereocenters. The summed E-state index contributed by atoms with van der Waals surface area (Å²) in [7, 11) is 0. The number of rotatable bonds is 5. The molecule has 0 unspecified atom stereocenters. The molecule has 0 radical (unpaired) electrons. The zero-order chi connectivity index (χ0) is 12.6. The molecule has 1 saturated heterocycles. The fourth-order valence-electron chi connectivity index (χ4n) is 2.85. The SMILES string of the molecule is O=C(NCCOC1CCCCC1)[C@@H]1CCCNC1. The van der Waals surface area contributed by atoms with Crippen molar-refractivity contribution < 1.29 is 9.53 Å². The highest BCUT2D eigenvalue weighted by atomic mass is 16.5. The normalized spacial score (nSPS) is 25.9.